The van der Waals surface area contributed by atoms with Crippen LogP contribution in [-0.2, 0) is 27.9 Å². The number of aliphatic carboxylic acids is 1. The van der Waals surface area contributed by atoms with Crippen LogP contribution >= 0.6 is 0 Å². The molecule has 34 heavy (non-hydrogen) atoms. The Balaban J connectivity index is 1.57. The molecule has 9 nitrogen and oxygen atoms in total. The van der Waals surface area contributed by atoms with E-state index in [-0.39, 0.29) is 24.7 Å². The Bertz CT molecular complexity index is 1010. The zero-order valence-electron chi connectivity index (χ0n) is 20.2. The number of hydrogen-bond acceptors (Lipinski definition) is 6. The van der Waals surface area contributed by atoms with Gasteiger partial charge in [-0.15, -0.1) is 5.10 Å². The number of allylic oxidation sites excluding steroid dienone is 5. The fourth-order valence-electron chi connectivity index (χ4n) is 3.91. The maximum absolute atomic E-state index is 12.3. The van der Waals surface area contributed by atoms with Crippen LogP contribution in [0.5, 0.6) is 0 Å². The SMILES string of the molecule is C=C(/C=C\C(=C/C)c1nnn(C)c1COC(=O)N(C)CCC1=CC1)O[C@H]1CCCC(C(=O)O)C1. The molecule has 0 aliphatic heterocycles. The molecular formula is C25H34N4O5. The summed E-state index contributed by atoms with van der Waals surface area (Å²) in [5.41, 5.74) is 3.44. The van der Waals surface area contributed by atoms with E-state index in [0.717, 1.165) is 31.3 Å². The predicted octanol–water partition coefficient (Wildman–Crippen LogP) is 4.24. The minimum Gasteiger partial charge on any atom is -0.491 e. The van der Waals surface area contributed by atoms with Gasteiger partial charge in [-0.25, -0.2) is 9.48 Å². The molecule has 0 saturated heterocycles. The van der Waals surface area contributed by atoms with Gasteiger partial charge < -0.3 is 19.5 Å². The number of rotatable bonds is 11. The molecule has 0 spiro atoms. The molecule has 1 heterocycles. The first kappa shape index (κ1) is 25.3. The Hall–Kier alpha value is -3.36. The molecule has 3 rings (SSSR count). The lowest BCUT2D eigenvalue weighted by Gasteiger charge is -2.27. The van der Waals surface area contributed by atoms with E-state index in [1.165, 1.54) is 5.57 Å². The summed E-state index contributed by atoms with van der Waals surface area (Å²) < 4.78 is 13.0. The van der Waals surface area contributed by atoms with E-state index in [2.05, 4.69) is 23.0 Å². The molecule has 0 radical (unpaired) electrons. The first-order valence-electron chi connectivity index (χ1n) is 11.7. The highest BCUT2D eigenvalue weighted by atomic mass is 16.6. The highest BCUT2D eigenvalue weighted by Crippen LogP contribution is 2.28. The average molecular weight is 471 g/mol. The summed E-state index contributed by atoms with van der Waals surface area (Å²) in [6.07, 6.45) is 11.8. The lowest BCUT2D eigenvalue weighted by molar-refractivity contribution is -0.144. The number of carboxylic acids is 1. The third-order valence-electron chi connectivity index (χ3n) is 6.17. The van der Waals surface area contributed by atoms with Gasteiger partial charge in [0.1, 0.15) is 23.8 Å². The number of carbonyl (C=O) groups excluding carboxylic acids is 1. The third-order valence-corrected chi connectivity index (χ3v) is 6.17. The first-order valence-corrected chi connectivity index (χ1v) is 11.7. The third kappa shape index (κ3) is 7.07. The number of hydrogen-bond donors (Lipinski definition) is 1. The van der Waals surface area contributed by atoms with Crippen molar-refractivity contribution in [1.29, 1.82) is 0 Å². The first-order chi connectivity index (χ1) is 16.3. The van der Waals surface area contributed by atoms with Gasteiger partial charge in [-0.2, -0.15) is 0 Å². The van der Waals surface area contributed by atoms with Crippen molar-refractivity contribution in [3.8, 4) is 0 Å². The van der Waals surface area contributed by atoms with Crippen LogP contribution < -0.4 is 0 Å². The molecule has 2 atom stereocenters. The van der Waals surface area contributed by atoms with Crippen molar-refractivity contribution in [2.24, 2.45) is 13.0 Å². The minimum absolute atomic E-state index is 0.0476. The quantitative estimate of drug-likeness (QED) is 0.293. The van der Waals surface area contributed by atoms with Gasteiger partial charge in [0.2, 0.25) is 0 Å². The topological polar surface area (TPSA) is 107 Å². The molecule has 2 aliphatic rings. The highest BCUT2D eigenvalue weighted by molar-refractivity contribution is 5.73. The second-order valence-corrected chi connectivity index (χ2v) is 8.79. The number of carboxylic acid groups (broad SMARTS) is 1. The van der Waals surface area contributed by atoms with Crippen LogP contribution in [0.1, 0.15) is 56.8 Å². The normalized spacial score (nSPS) is 20.1. The zero-order chi connectivity index (χ0) is 24.7. The molecular weight excluding hydrogens is 436 g/mol. The zero-order valence-corrected chi connectivity index (χ0v) is 20.2. The minimum atomic E-state index is -0.770. The van der Waals surface area contributed by atoms with Crippen molar-refractivity contribution in [3.63, 3.8) is 0 Å². The largest absolute Gasteiger partial charge is 0.491 e. The maximum Gasteiger partial charge on any atom is 0.409 e. The van der Waals surface area contributed by atoms with Gasteiger partial charge >= 0.3 is 12.1 Å². The standard InChI is InChI=1S/C25H34N4O5/c1-5-19(12-9-17(2)34-21-8-6-7-20(15-21)24(30)31)23-22(29(4)27-26-23)16-33-25(32)28(3)14-13-18-10-11-18/h5,9-10,12,20-21H,2,6-8,11,13-16H2,1,3-4H3,(H,30,31)/b12-9-,19-5+/t20?,21-/m0/s1. The molecule has 9 heteroatoms. The summed E-state index contributed by atoms with van der Waals surface area (Å²) in [5, 5.41) is 17.6. The van der Waals surface area contributed by atoms with Gasteiger partial charge in [-0.05, 0) is 63.2 Å². The molecule has 0 bridgehead atoms. The molecule has 1 unspecified atom stereocenters. The van der Waals surface area contributed by atoms with Crippen LogP contribution in [-0.4, -0.2) is 56.8 Å². The van der Waals surface area contributed by atoms with E-state index in [1.807, 2.05) is 19.1 Å². The van der Waals surface area contributed by atoms with Crippen molar-refractivity contribution in [1.82, 2.24) is 19.9 Å². The smallest absolute Gasteiger partial charge is 0.409 e. The molecule has 1 fully saturated rings. The Morgan fingerprint density at radius 2 is 2.12 bits per heavy atom. The average Bonchev–Trinajstić information content (AvgIpc) is 3.58. The molecule has 2 aliphatic carbocycles. The van der Waals surface area contributed by atoms with Gasteiger partial charge in [0.25, 0.3) is 0 Å². The van der Waals surface area contributed by atoms with Crippen molar-refractivity contribution >= 4 is 17.6 Å². The molecule has 0 aromatic carbocycles. The van der Waals surface area contributed by atoms with Crippen molar-refractivity contribution in [3.05, 3.63) is 53.6 Å². The van der Waals surface area contributed by atoms with Crippen LogP contribution in [0.4, 0.5) is 4.79 Å². The number of ether oxygens (including phenoxy) is 2. The summed E-state index contributed by atoms with van der Waals surface area (Å²) in [6.45, 7) is 6.51. The van der Waals surface area contributed by atoms with E-state index < -0.39 is 5.97 Å². The summed E-state index contributed by atoms with van der Waals surface area (Å²) in [4.78, 5) is 25.2. The number of carbonyl (C=O) groups is 2. The predicted molar refractivity (Wildman–Crippen MR) is 128 cm³/mol. The molecule has 1 saturated carbocycles. The van der Waals surface area contributed by atoms with Gasteiger partial charge in [0.05, 0.1) is 12.0 Å². The summed E-state index contributed by atoms with van der Waals surface area (Å²) >= 11 is 0. The molecule has 1 aromatic rings. The maximum atomic E-state index is 12.3. The fourth-order valence-corrected chi connectivity index (χ4v) is 3.91. The molecule has 1 aromatic heterocycles. The fraction of sp³-hybridized carbons (Fsp3) is 0.520. The van der Waals surface area contributed by atoms with Gasteiger partial charge in [0.15, 0.2) is 0 Å². The van der Waals surface area contributed by atoms with Gasteiger partial charge in [-0.1, -0.05) is 29.5 Å². The second kappa shape index (κ2) is 11.7. The van der Waals surface area contributed by atoms with Gasteiger partial charge in [-0.3, -0.25) is 4.79 Å². The van der Waals surface area contributed by atoms with Crippen LogP contribution in [0.2, 0.25) is 0 Å². The lowest BCUT2D eigenvalue weighted by Crippen LogP contribution is -2.28. The van der Waals surface area contributed by atoms with E-state index in [9.17, 15) is 14.7 Å². The summed E-state index contributed by atoms with van der Waals surface area (Å²) in [5.74, 6) is -0.677. The number of amides is 1. The highest BCUT2D eigenvalue weighted by Gasteiger charge is 2.28. The number of nitrogens with zero attached hydrogens (tertiary/aromatic N) is 4. The van der Waals surface area contributed by atoms with E-state index >= 15 is 0 Å². The van der Waals surface area contributed by atoms with E-state index in [1.54, 1.807) is 29.8 Å². The number of aromatic nitrogens is 3. The summed E-state index contributed by atoms with van der Waals surface area (Å²) in [6, 6.07) is 0. The lowest BCUT2D eigenvalue weighted by atomic mass is 9.87. The Labute approximate surface area is 200 Å². The molecule has 1 amide bonds. The van der Waals surface area contributed by atoms with Crippen molar-refractivity contribution in [2.75, 3.05) is 13.6 Å². The molecule has 184 valence electrons. The van der Waals surface area contributed by atoms with Crippen LogP contribution in [0, 0.1) is 5.92 Å². The van der Waals surface area contributed by atoms with Crippen molar-refractivity contribution < 1.29 is 24.2 Å². The Kier molecular flexibility index (Phi) is 8.67. The number of aryl methyl sites for hydroxylation is 1. The van der Waals surface area contributed by atoms with Crippen LogP contribution in [0.3, 0.4) is 0 Å². The van der Waals surface area contributed by atoms with Crippen LogP contribution in [0.15, 0.2) is 42.2 Å². The molecule has 1 N–H and O–H groups in total. The van der Waals surface area contributed by atoms with E-state index in [0.29, 0.717) is 36.5 Å². The van der Waals surface area contributed by atoms with Crippen molar-refractivity contribution in [2.45, 2.75) is 58.2 Å². The van der Waals surface area contributed by atoms with Crippen LogP contribution in [0.25, 0.3) is 5.57 Å². The van der Waals surface area contributed by atoms with Gasteiger partial charge in [0, 0.05) is 20.6 Å². The summed E-state index contributed by atoms with van der Waals surface area (Å²) in [7, 11) is 3.48. The Morgan fingerprint density at radius 3 is 2.79 bits per heavy atom. The Morgan fingerprint density at radius 1 is 1.35 bits per heavy atom. The monoisotopic (exact) mass is 470 g/mol. The van der Waals surface area contributed by atoms with E-state index in [4.69, 9.17) is 9.47 Å². The second-order valence-electron chi connectivity index (χ2n) is 8.79.